The predicted molar refractivity (Wildman–Crippen MR) is 83.1 cm³/mol. The van der Waals surface area contributed by atoms with Gasteiger partial charge in [-0.1, -0.05) is 0 Å². The Morgan fingerprint density at radius 1 is 1.41 bits per heavy atom. The van der Waals surface area contributed by atoms with E-state index in [0.717, 1.165) is 0 Å². The summed E-state index contributed by atoms with van der Waals surface area (Å²) in [4.78, 5) is 11.8. The van der Waals surface area contributed by atoms with Crippen LogP contribution in [0.1, 0.15) is 38.9 Å². The highest BCUT2D eigenvalue weighted by Crippen LogP contribution is 2.37. The van der Waals surface area contributed by atoms with Crippen molar-refractivity contribution in [1.29, 1.82) is 0 Å². The number of aliphatic hydroxyl groups is 1. The van der Waals surface area contributed by atoms with E-state index in [1.165, 1.54) is 19.2 Å². The summed E-state index contributed by atoms with van der Waals surface area (Å²) >= 11 is 0. The molecule has 124 valence electrons. The van der Waals surface area contributed by atoms with Crippen molar-refractivity contribution in [2.45, 2.75) is 38.9 Å². The van der Waals surface area contributed by atoms with Gasteiger partial charge in [-0.25, -0.2) is 4.79 Å². The third kappa shape index (κ3) is 5.09. The van der Waals surface area contributed by atoms with Gasteiger partial charge >= 0.3 is 6.09 Å². The highest BCUT2D eigenvalue weighted by Gasteiger charge is 2.20. The number of aromatic hydroxyl groups is 1. The standard InChI is InChI=1S/C15H24N2O5/c1-15(2,3)22-14(20)17-10-7-9(11(18)5-6-16)8-12(21-4)13(10)19/h7-8,11,18-19H,5-6,16H2,1-4H3,(H,17,20)/t11-/m0/s1. The number of phenols is 1. The molecule has 22 heavy (non-hydrogen) atoms. The molecule has 0 bridgehead atoms. The Bertz CT molecular complexity index is 525. The van der Waals surface area contributed by atoms with Gasteiger partial charge in [0.05, 0.1) is 18.9 Å². The van der Waals surface area contributed by atoms with Crippen LogP contribution < -0.4 is 15.8 Å². The maximum Gasteiger partial charge on any atom is 0.412 e. The zero-order valence-corrected chi connectivity index (χ0v) is 13.3. The van der Waals surface area contributed by atoms with Gasteiger partial charge in [0, 0.05) is 0 Å². The second kappa shape index (κ2) is 7.33. The van der Waals surface area contributed by atoms with Crippen molar-refractivity contribution in [2.75, 3.05) is 19.0 Å². The first kappa shape index (κ1) is 18.1. The van der Waals surface area contributed by atoms with Crippen molar-refractivity contribution in [3.8, 4) is 11.5 Å². The number of carbonyl (C=O) groups is 1. The lowest BCUT2D eigenvalue weighted by atomic mass is 10.0. The number of phenolic OH excluding ortho intramolecular Hbond substituents is 1. The van der Waals surface area contributed by atoms with E-state index in [-0.39, 0.29) is 17.2 Å². The number of carbonyl (C=O) groups excluding carboxylic acids is 1. The van der Waals surface area contributed by atoms with Crippen LogP contribution in [0, 0.1) is 0 Å². The molecule has 0 fully saturated rings. The van der Waals surface area contributed by atoms with Crippen LogP contribution in [0.15, 0.2) is 12.1 Å². The predicted octanol–water partition coefficient (Wildman–Crippen LogP) is 2.13. The molecule has 1 amide bonds. The molecule has 0 saturated carbocycles. The third-order valence-electron chi connectivity index (χ3n) is 2.78. The molecule has 5 N–H and O–H groups in total. The van der Waals surface area contributed by atoms with E-state index in [0.29, 0.717) is 18.5 Å². The molecule has 7 nitrogen and oxygen atoms in total. The smallest absolute Gasteiger partial charge is 0.412 e. The molecule has 1 aromatic rings. The molecular formula is C15H24N2O5. The highest BCUT2D eigenvalue weighted by molar-refractivity contribution is 5.88. The molecule has 0 unspecified atom stereocenters. The highest BCUT2D eigenvalue weighted by atomic mass is 16.6. The van der Waals surface area contributed by atoms with Crippen LogP contribution in [0.2, 0.25) is 0 Å². The molecule has 0 saturated heterocycles. The van der Waals surface area contributed by atoms with Gasteiger partial charge in [-0.3, -0.25) is 5.32 Å². The number of benzene rings is 1. The van der Waals surface area contributed by atoms with Gasteiger partial charge in [0.2, 0.25) is 0 Å². The van der Waals surface area contributed by atoms with E-state index in [9.17, 15) is 15.0 Å². The topological polar surface area (TPSA) is 114 Å². The summed E-state index contributed by atoms with van der Waals surface area (Å²) in [6.45, 7) is 5.50. The van der Waals surface area contributed by atoms with Gasteiger partial charge in [-0.15, -0.1) is 0 Å². The van der Waals surface area contributed by atoms with Crippen molar-refractivity contribution in [3.05, 3.63) is 17.7 Å². The molecular weight excluding hydrogens is 288 g/mol. The Kier molecular flexibility index (Phi) is 6.01. The summed E-state index contributed by atoms with van der Waals surface area (Å²) < 4.78 is 10.2. The first-order chi connectivity index (χ1) is 10.2. The van der Waals surface area contributed by atoms with Crippen molar-refractivity contribution < 1.29 is 24.5 Å². The van der Waals surface area contributed by atoms with Crippen LogP contribution in [0.4, 0.5) is 10.5 Å². The number of hydrogen-bond acceptors (Lipinski definition) is 6. The largest absolute Gasteiger partial charge is 0.503 e. The minimum absolute atomic E-state index is 0.0969. The number of methoxy groups -OCH3 is 1. The van der Waals surface area contributed by atoms with Crippen molar-refractivity contribution >= 4 is 11.8 Å². The Labute approximate surface area is 130 Å². The number of amides is 1. The minimum atomic E-state index is -0.821. The molecule has 0 heterocycles. The second-order valence-electron chi connectivity index (χ2n) is 5.84. The number of nitrogens with two attached hydrogens (primary N) is 1. The lowest BCUT2D eigenvalue weighted by Gasteiger charge is -2.21. The third-order valence-corrected chi connectivity index (χ3v) is 2.78. The normalized spacial score (nSPS) is 12.6. The lowest BCUT2D eigenvalue weighted by Crippen LogP contribution is -2.27. The van der Waals surface area contributed by atoms with Gasteiger partial charge in [0.15, 0.2) is 11.5 Å². The first-order valence-electron chi connectivity index (χ1n) is 6.97. The Hall–Kier alpha value is -1.99. The summed E-state index contributed by atoms with van der Waals surface area (Å²) in [5, 5.41) is 22.5. The van der Waals surface area contributed by atoms with E-state index in [1.54, 1.807) is 20.8 Å². The molecule has 0 aliphatic heterocycles. The molecule has 1 rings (SSSR count). The molecule has 0 aromatic heterocycles. The molecule has 1 atom stereocenters. The number of aliphatic hydroxyl groups excluding tert-OH is 1. The van der Waals surface area contributed by atoms with Gasteiger partial charge in [0.1, 0.15) is 5.60 Å². The van der Waals surface area contributed by atoms with E-state index >= 15 is 0 Å². The fourth-order valence-electron chi connectivity index (χ4n) is 1.81. The van der Waals surface area contributed by atoms with E-state index in [2.05, 4.69) is 5.32 Å². The number of rotatable bonds is 5. The van der Waals surface area contributed by atoms with Crippen LogP contribution in [-0.4, -0.2) is 35.6 Å². The van der Waals surface area contributed by atoms with Crippen LogP contribution in [0.3, 0.4) is 0 Å². The lowest BCUT2D eigenvalue weighted by molar-refractivity contribution is 0.0635. The molecule has 0 aliphatic carbocycles. The average Bonchev–Trinajstić information content (AvgIpc) is 2.39. The van der Waals surface area contributed by atoms with Gasteiger partial charge < -0.3 is 25.4 Å². The number of anilines is 1. The Morgan fingerprint density at radius 3 is 2.55 bits per heavy atom. The average molecular weight is 312 g/mol. The van der Waals surface area contributed by atoms with Crippen molar-refractivity contribution in [2.24, 2.45) is 5.73 Å². The molecule has 0 spiro atoms. The van der Waals surface area contributed by atoms with Gasteiger partial charge in [-0.2, -0.15) is 0 Å². The fraction of sp³-hybridized carbons (Fsp3) is 0.533. The van der Waals surface area contributed by atoms with Crippen molar-refractivity contribution in [1.82, 2.24) is 0 Å². The van der Waals surface area contributed by atoms with Crippen LogP contribution in [0.5, 0.6) is 11.5 Å². The zero-order chi connectivity index (χ0) is 16.9. The number of hydrogen-bond donors (Lipinski definition) is 4. The van der Waals surface area contributed by atoms with E-state index in [1.807, 2.05) is 0 Å². The summed E-state index contributed by atoms with van der Waals surface area (Å²) in [7, 11) is 1.38. The summed E-state index contributed by atoms with van der Waals surface area (Å²) in [6.07, 6.45) is -1.19. The maximum atomic E-state index is 11.8. The quantitative estimate of drug-likeness (QED) is 0.619. The van der Waals surface area contributed by atoms with Crippen molar-refractivity contribution in [3.63, 3.8) is 0 Å². The maximum absolute atomic E-state index is 11.8. The van der Waals surface area contributed by atoms with E-state index < -0.39 is 17.8 Å². The molecule has 7 heteroatoms. The summed E-state index contributed by atoms with van der Waals surface area (Å²) in [6, 6.07) is 2.96. The monoisotopic (exact) mass is 312 g/mol. The summed E-state index contributed by atoms with van der Waals surface area (Å²) in [5.74, 6) is -0.100. The number of nitrogens with one attached hydrogen (secondary N) is 1. The SMILES string of the molecule is COc1cc([C@@H](O)CCN)cc(NC(=O)OC(C)(C)C)c1O. The van der Waals surface area contributed by atoms with Gasteiger partial charge in [-0.05, 0) is 51.4 Å². The molecule has 0 aliphatic rings. The number of ether oxygens (including phenoxy) is 2. The first-order valence-corrected chi connectivity index (χ1v) is 6.97. The Balaban J connectivity index is 3.07. The van der Waals surface area contributed by atoms with Crippen LogP contribution in [0.25, 0.3) is 0 Å². The van der Waals surface area contributed by atoms with Crippen LogP contribution in [-0.2, 0) is 4.74 Å². The fourth-order valence-corrected chi connectivity index (χ4v) is 1.81. The van der Waals surface area contributed by atoms with E-state index in [4.69, 9.17) is 15.2 Å². The second-order valence-corrected chi connectivity index (χ2v) is 5.84. The summed E-state index contributed by atoms with van der Waals surface area (Å²) in [5.41, 5.74) is 5.33. The minimum Gasteiger partial charge on any atom is -0.503 e. The van der Waals surface area contributed by atoms with Gasteiger partial charge in [0.25, 0.3) is 0 Å². The molecule has 0 radical (unpaired) electrons. The Morgan fingerprint density at radius 2 is 2.05 bits per heavy atom. The zero-order valence-electron chi connectivity index (χ0n) is 13.3. The molecule has 1 aromatic carbocycles. The van der Waals surface area contributed by atoms with Crippen LogP contribution >= 0.6 is 0 Å².